The molecule has 0 aliphatic carbocycles. The van der Waals surface area contributed by atoms with Crippen LogP contribution in [0, 0.1) is 0 Å². The Balaban J connectivity index is 2.00. The van der Waals surface area contributed by atoms with Crippen LogP contribution in [0.25, 0.3) is 0 Å². The molecule has 0 aromatic carbocycles. The smallest absolute Gasteiger partial charge is 0.0674 e. The van der Waals surface area contributed by atoms with E-state index >= 15 is 0 Å². The third kappa shape index (κ3) is 2.03. The lowest BCUT2D eigenvalue weighted by molar-refractivity contribution is 0.202. The molecule has 0 aromatic rings. The molecule has 0 bridgehead atoms. The number of hydrogen-bond donors (Lipinski definition) is 1. The highest BCUT2D eigenvalue weighted by atomic mass is 32.2. The van der Waals surface area contributed by atoms with Crippen LogP contribution in [0.3, 0.4) is 0 Å². The number of rotatable bonds is 0. The van der Waals surface area contributed by atoms with Gasteiger partial charge >= 0.3 is 0 Å². The zero-order valence-corrected chi connectivity index (χ0v) is 9.71. The van der Waals surface area contributed by atoms with E-state index < -0.39 is 0 Å². The minimum atomic E-state index is 0.348. The Labute approximate surface area is 85.4 Å². The fraction of sp³-hybridized carbons (Fsp3) is 1.00. The van der Waals surface area contributed by atoms with Gasteiger partial charge in [0.2, 0.25) is 0 Å². The number of nitrogens with one attached hydrogen (secondary N) is 1. The van der Waals surface area contributed by atoms with E-state index in [1.54, 1.807) is 0 Å². The maximum atomic E-state index is 3.80. The first-order valence-electron chi connectivity index (χ1n) is 5.13. The van der Waals surface area contributed by atoms with Gasteiger partial charge < -0.3 is 4.90 Å². The highest BCUT2D eigenvalue weighted by molar-refractivity contribution is 8.01. The topological polar surface area (TPSA) is 15.3 Å². The predicted molar refractivity (Wildman–Crippen MR) is 59.1 cm³/mol. The summed E-state index contributed by atoms with van der Waals surface area (Å²) in [5.41, 5.74) is 0.348. The van der Waals surface area contributed by atoms with Gasteiger partial charge in [0.05, 0.1) is 4.87 Å². The number of thioether (sulfide) groups is 1. The number of piperidine rings is 1. The van der Waals surface area contributed by atoms with Crippen molar-refractivity contribution in [3.8, 4) is 0 Å². The van der Waals surface area contributed by atoms with Crippen LogP contribution in [-0.4, -0.2) is 41.2 Å². The van der Waals surface area contributed by atoms with Gasteiger partial charge in [0, 0.05) is 24.4 Å². The van der Waals surface area contributed by atoms with E-state index in [0.29, 0.717) is 10.4 Å². The van der Waals surface area contributed by atoms with Crippen molar-refractivity contribution in [2.24, 2.45) is 0 Å². The van der Waals surface area contributed by atoms with Gasteiger partial charge in [0.25, 0.3) is 0 Å². The molecule has 0 atom stereocenters. The summed E-state index contributed by atoms with van der Waals surface area (Å²) in [5.74, 6) is 1.26. The summed E-state index contributed by atoms with van der Waals surface area (Å²) in [6, 6.07) is 0. The molecule has 2 aliphatic heterocycles. The second kappa shape index (κ2) is 3.14. The molecule has 76 valence electrons. The largest absolute Gasteiger partial charge is 0.306 e. The second-order valence-electron chi connectivity index (χ2n) is 5.10. The summed E-state index contributed by atoms with van der Waals surface area (Å²) in [7, 11) is 2.22. The van der Waals surface area contributed by atoms with Crippen molar-refractivity contribution < 1.29 is 0 Å². The fourth-order valence-electron chi connectivity index (χ4n) is 2.26. The molecule has 2 fully saturated rings. The molecule has 2 nitrogen and oxygen atoms in total. The molecule has 0 unspecified atom stereocenters. The van der Waals surface area contributed by atoms with Crippen LogP contribution in [0.1, 0.15) is 26.7 Å². The molecule has 0 amide bonds. The van der Waals surface area contributed by atoms with Crippen LogP contribution in [0.5, 0.6) is 0 Å². The molecular formula is C10H20N2S. The molecule has 1 spiro atoms. The van der Waals surface area contributed by atoms with Crippen LogP contribution in [0.15, 0.2) is 0 Å². The highest BCUT2D eigenvalue weighted by Crippen LogP contribution is 2.42. The van der Waals surface area contributed by atoms with Gasteiger partial charge in [-0.05, 0) is 33.7 Å². The quantitative estimate of drug-likeness (QED) is 0.638. The first kappa shape index (κ1) is 9.81. The molecule has 3 heteroatoms. The van der Waals surface area contributed by atoms with E-state index in [0.717, 1.165) is 0 Å². The molecule has 1 N–H and O–H groups in total. The van der Waals surface area contributed by atoms with E-state index in [4.69, 9.17) is 0 Å². The maximum absolute atomic E-state index is 3.80. The maximum Gasteiger partial charge on any atom is 0.0674 e. The summed E-state index contributed by atoms with van der Waals surface area (Å²) in [6.07, 6.45) is 2.61. The molecule has 2 aliphatic rings. The zero-order chi connectivity index (χ0) is 9.53. The van der Waals surface area contributed by atoms with Crippen molar-refractivity contribution in [2.45, 2.75) is 37.1 Å². The monoisotopic (exact) mass is 200 g/mol. The summed E-state index contributed by atoms with van der Waals surface area (Å²) in [4.78, 5) is 2.84. The Hall–Kier alpha value is 0.270. The van der Waals surface area contributed by atoms with Gasteiger partial charge in [0.1, 0.15) is 0 Å². The van der Waals surface area contributed by atoms with E-state index in [1.807, 2.05) is 0 Å². The molecule has 0 radical (unpaired) electrons. The molecule has 2 rings (SSSR count). The van der Waals surface area contributed by atoms with Crippen molar-refractivity contribution >= 4 is 11.8 Å². The Kier molecular flexibility index (Phi) is 2.37. The van der Waals surface area contributed by atoms with Gasteiger partial charge in [-0.15, -0.1) is 11.8 Å². The Morgan fingerprint density at radius 3 is 2.31 bits per heavy atom. The van der Waals surface area contributed by atoms with Crippen molar-refractivity contribution in [2.75, 3.05) is 25.9 Å². The van der Waals surface area contributed by atoms with Crippen molar-refractivity contribution in [1.82, 2.24) is 10.2 Å². The summed E-state index contributed by atoms with van der Waals surface area (Å²) in [5, 5.41) is 3.80. The minimum absolute atomic E-state index is 0.348. The van der Waals surface area contributed by atoms with Gasteiger partial charge in [-0.25, -0.2) is 0 Å². The average Bonchev–Trinajstić information content (AvgIpc) is 2.35. The lowest BCUT2D eigenvalue weighted by atomic mass is 10.0. The zero-order valence-electron chi connectivity index (χ0n) is 8.89. The fourth-order valence-corrected chi connectivity index (χ4v) is 3.79. The van der Waals surface area contributed by atoms with Gasteiger partial charge in [-0.1, -0.05) is 0 Å². The first-order chi connectivity index (χ1) is 6.02. The molecule has 2 heterocycles. The number of nitrogens with zero attached hydrogens (tertiary/aromatic N) is 1. The first-order valence-corrected chi connectivity index (χ1v) is 6.12. The molecular weight excluding hydrogens is 180 g/mol. The highest BCUT2D eigenvalue weighted by Gasteiger charge is 2.44. The standard InChI is InChI=1S/C10H20N2S/c1-9(2)8-13-10(11-9)4-6-12(3)7-5-10/h11H,4-8H2,1-3H3. The van der Waals surface area contributed by atoms with E-state index in [-0.39, 0.29) is 0 Å². The number of hydrogen-bond acceptors (Lipinski definition) is 3. The molecule has 13 heavy (non-hydrogen) atoms. The summed E-state index contributed by atoms with van der Waals surface area (Å²) < 4.78 is 0. The molecule has 0 aromatic heterocycles. The molecule has 0 saturated carbocycles. The second-order valence-corrected chi connectivity index (χ2v) is 6.45. The van der Waals surface area contributed by atoms with Gasteiger partial charge in [-0.2, -0.15) is 0 Å². The van der Waals surface area contributed by atoms with Gasteiger partial charge in [0.15, 0.2) is 0 Å². The average molecular weight is 200 g/mol. The lowest BCUT2D eigenvalue weighted by Crippen LogP contribution is -2.52. The van der Waals surface area contributed by atoms with Crippen molar-refractivity contribution in [1.29, 1.82) is 0 Å². The van der Waals surface area contributed by atoms with Crippen molar-refractivity contribution in [3.63, 3.8) is 0 Å². The Bertz CT molecular complexity index is 195. The van der Waals surface area contributed by atoms with Crippen LogP contribution >= 0.6 is 11.8 Å². The summed E-state index contributed by atoms with van der Waals surface area (Å²) in [6.45, 7) is 7.12. The predicted octanol–water partition coefficient (Wildman–Crippen LogP) is 1.52. The molecule has 2 saturated heterocycles. The Morgan fingerprint density at radius 1 is 1.23 bits per heavy atom. The van der Waals surface area contributed by atoms with Gasteiger partial charge in [-0.3, -0.25) is 5.32 Å². The third-order valence-corrected chi connectivity index (χ3v) is 5.00. The van der Waals surface area contributed by atoms with Crippen LogP contribution in [0.4, 0.5) is 0 Å². The number of likely N-dealkylation sites (tertiary alicyclic amines) is 1. The Morgan fingerprint density at radius 2 is 1.85 bits per heavy atom. The van der Waals surface area contributed by atoms with E-state index in [1.165, 1.54) is 31.7 Å². The van der Waals surface area contributed by atoms with E-state index in [2.05, 4.69) is 42.9 Å². The van der Waals surface area contributed by atoms with Crippen LogP contribution in [-0.2, 0) is 0 Å². The van der Waals surface area contributed by atoms with Crippen LogP contribution < -0.4 is 5.32 Å². The minimum Gasteiger partial charge on any atom is -0.306 e. The lowest BCUT2D eigenvalue weighted by Gasteiger charge is -2.38. The normalized spacial score (nSPS) is 32.5. The van der Waals surface area contributed by atoms with Crippen molar-refractivity contribution in [3.05, 3.63) is 0 Å². The van der Waals surface area contributed by atoms with Crippen LogP contribution in [0.2, 0.25) is 0 Å². The third-order valence-electron chi connectivity index (χ3n) is 3.07. The van der Waals surface area contributed by atoms with E-state index in [9.17, 15) is 0 Å². The SMILES string of the molecule is CN1CCC2(CC1)NC(C)(C)CS2. The summed E-state index contributed by atoms with van der Waals surface area (Å²) >= 11 is 2.14.